The number of halogens is 1. The normalized spacial score (nSPS) is 10.5. The molecular formula is C20H18ClN3O2S2. The van der Waals surface area contributed by atoms with Crippen LogP contribution < -0.4 is 10.6 Å². The Bertz CT molecular complexity index is 1000. The molecule has 0 radical (unpaired) electrons. The molecule has 144 valence electrons. The van der Waals surface area contributed by atoms with Crippen LogP contribution in [0.25, 0.3) is 0 Å². The minimum Gasteiger partial charge on any atom is -0.325 e. The lowest BCUT2D eigenvalue weighted by molar-refractivity contribution is -0.114. The molecule has 1 heterocycles. The number of nitrogens with zero attached hydrogens (tertiary/aromatic N) is 1. The summed E-state index contributed by atoms with van der Waals surface area (Å²) < 4.78 is 0. The van der Waals surface area contributed by atoms with Crippen molar-refractivity contribution >= 4 is 57.9 Å². The van der Waals surface area contributed by atoms with Crippen LogP contribution in [0.1, 0.15) is 28.0 Å². The molecule has 0 saturated heterocycles. The van der Waals surface area contributed by atoms with Gasteiger partial charge in [-0.15, -0.1) is 23.1 Å². The summed E-state index contributed by atoms with van der Waals surface area (Å²) in [6.45, 7) is 3.40. The van der Waals surface area contributed by atoms with E-state index < -0.39 is 0 Å². The van der Waals surface area contributed by atoms with Gasteiger partial charge in [-0.3, -0.25) is 9.59 Å². The number of hydrogen-bond acceptors (Lipinski definition) is 5. The topological polar surface area (TPSA) is 71.1 Å². The van der Waals surface area contributed by atoms with E-state index in [0.717, 1.165) is 21.3 Å². The fourth-order valence-electron chi connectivity index (χ4n) is 2.45. The standard InChI is InChI=1S/C20H18ClN3O2S2/c1-12(25)22-18-8-5-15(21)9-19(18)24-20(26)14-3-6-17(7-4-14)28-11-16-10-27-13(2)23-16/h3-10H,11H2,1-2H3,(H,22,25)(H,24,26). The lowest BCUT2D eigenvalue weighted by Gasteiger charge is -2.12. The van der Waals surface area contributed by atoms with Gasteiger partial charge in [0.2, 0.25) is 5.91 Å². The zero-order valence-corrected chi connectivity index (χ0v) is 17.7. The largest absolute Gasteiger partial charge is 0.325 e. The van der Waals surface area contributed by atoms with E-state index in [1.165, 1.54) is 6.92 Å². The second kappa shape index (κ2) is 9.23. The van der Waals surface area contributed by atoms with E-state index in [-0.39, 0.29) is 11.8 Å². The van der Waals surface area contributed by atoms with Crippen molar-refractivity contribution in [3.8, 4) is 0 Å². The van der Waals surface area contributed by atoms with Crippen LogP contribution in [0.4, 0.5) is 11.4 Å². The number of benzene rings is 2. The molecule has 0 unspecified atom stereocenters. The Hall–Kier alpha value is -2.35. The first kappa shape index (κ1) is 20.4. The van der Waals surface area contributed by atoms with Crippen LogP contribution in [0.2, 0.25) is 5.02 Å². The summed E-state index contributed by atoms with van der Waals surface area (Å²) >= 11 is 9.33. The molecule has 0 saturated carbocycles. The molecule has 8 heteroatoms. The van der Waals surface area contributed by atoms with E-state index in [1.54, 1.807) is 53.4 Å². The van der Waals surface area contributed by atoms with Crippen LogP contribution >= 0.6 is 34.7 Å². The number of aryl methyl sites for hydroxylation is 1. The highest BCUT2D eigenvalue weighted by atomic mass is 35.5. The van der Waals surface area contributed by atoms with Gasteiger partial charge >= 0.3 is 0 Å². The van der Waals surface area contributed by atoms with Crippen molar-refractivity contribution in [3.63, 3.8) is 0 Å². The third-order valence-electron chi connectivity index (χ3n) is 3.71. The van der Waals surface area contributed by atoms with Gasteiger partial charge in [-0.2, -0.15) is 0 Å². The molecule has 0 aliphatic carbocycles. The van der Waals surface area contributed by atoms with E-state index in [2.05, 4.69) is 21.0 Å². The molecule has 0 aliphatic rings. The monoisotopic (exact) mass is 431 g/mol. The van der Waals surface area contributed by atoms with Gasteiger partial charge < -0.3 is 10.6 Å². The predicted molar refractivity (Wildman–Crippen MR) is 117 cm³/mol. The van der Waals surface area contributed by atoms with Crippen molar-refractivity contribution in [1.82, 2.24) is 4.98 Å². The number of carbonyl (C=O) groups excluding carboxylic acids is 2. The van der Waals surface area contributed by atoms with E-state index in [4.69, 9.17) is 11.6 Å². The molecule has 3 rings (SSSR count). The minimum atomic E-state index is -0.277. The van der Waals surface area contributed by atoms with E-state index in [0.29, 0.717) is 22.0 Å². The predicted octanol–water partition coefficient (Wildman–Crippen LogP) is 5.61. The number of rotatable bonds is 6. The van der Waals surface area contributed by atoms with E-state index in [1.807, 2.05) is 19.1 Å². The summed E-state index contributed by atoms with van der Waals surface area (Å²) in [4.78, 5) is 29.4. The SMILES string of the molecule is CC(=O)Nc1ccc(Cl)cc1NC(=O)c1ccc(SCc2csc(C)n2)cc1. The van der Waals surface area contributed by atoms with E-state index >= 15 is 0 Å². The van der Waals surface area contributed by atoms with Crippen LogP contribution in [-0.2, 0) is 10.5 Å². The number of carbonyl (C=O) groups is 2. The molecule has 0 spiro atoms. The van der Waals surface area contributed by atoms with Gasteiger partial charge in [0, 0.05) is 33.5 Å². The molecule has 5 nitrogen and oxygen atoms in total. The van der Waals surface area contributed by atoms with Crippen molar-refractivity contribution < 1.29 is 9.59 Å². The average Bonchev–Trinajstić information content (AvgIpc) is 3.07. The summed E-state index contributed by atoms with van der Waals surface area (Å²) in [5.41, 5.74) is 2.52. The minimum absolute atomic E-state index is 0.227. The quantitative estimate of drug-likeness (QED) is 0.498. The van der Waals surface area contributed by atoms with Crippen LogP contribution in [0.5, 0.6) is 0 Å². The van der Waals surface area contributed by atoms with Crippen LogP contribution in [-0.4, -0.2) is 16.8 Å². The Morgan fingerprint density at radius 3 is 2.50 bits per heavy atom. The molecule has 2 aromatic carbocycles. The van der Waals surface area contributed by atoms with Crippen molar-refractivity contribution in [3.05, 3.63) is 69.1 Å². The maximum atomic E-state index is 12.6. The number of hydrogen-bond donors (Lipinski definition) is 2. The Balaban J connectivity index is 1.66. The Morgan fingerprint density at radius 2 is 1.86 bits per heavy atom. The fraction of sp³-hybridized carbons (Fsp3) is 0.150. The fourth-order valence-corrected chi connectivity index (χ4v) is 4.13. The molecule has 2 N–H and O–H groups in total. The van der Waals surface area contributed by atoms with Crippen LogP contribution in [0.15, 0.2) is 52.7 Å². The van der Waals surface area contributed by atoms with E-state index in [9.17, 15) is 9.59 Å². The highest BCUT2D eigenvalue weighted by Gasteiger charge is 2.11. The third-order valence-corrected chi connectivity index (χ3v) is 5.81. The average molecular weight is 432 g/mol. The van der Waals surface area contributed by atoms with Gasteiger partial charge in [0.05, 0.1) is 22.1 Å². The maximum absolute atomic E-state index is 12.6. The smallest absolute Gasteiger partial charge is 0.255 e. The zero-order valence-electron chi connectivity index (χ0n) is 15.3. The summed E-state index contributed by atoms with van der Waals surface area (Å²) in [5, 5.41) is 9.06. The van der Waals surface area contributed by atoms with Gasteiger partial charge in [0.15, 0.2) is 0 Å². The van der Waals surface area contributed by atoms with Gasteiger partial charge in [-0.25, -0.2) is 4.98 Å². The first-order valence-electron chi connectivity index (χ1n) is 8.43. The number of amides is 2. The number of anilines is 2. The number of thioether (sulfide) groups is 1. The molecule has 0 bridgehead atoms. The third kappa shape index (κ3) is 5.58. The summed E-state index contributed by atoms with van der Waals surface area (Å²) in [6, 6.07) is 12.3. The lowest BCUT2D eigenvalue weighted by atomic mass is 10.2. The molecule has 28 heavy (non-hydrogen) atoms. The van der Waals surface area contributed by atoms with Crippen molar-refractivity contribution in [2.45, 2.75) is 24.5 Å². The second-order valence-corrected chi connectivity index (χ2v) is 8.54. The summed E-state index contributed by atoms with van der Waals surface area (Å²) in [5.74, 6) is 0.286. The molecule has 1 aromatic heterocycles. The van der Waals surface area contributed by atoms with Crippen molar-refractivity contribution in [2.75, 3.05) is 10.6 Å². The highest BCUT2D eigenvalue weighted by Crippen LogP contribution is 2.27. The molecule has 2 amide bonds. The highest BCUT2D eigenvalue weighted by molar-refractivity contribution is 7.98. The molecular weight excluding hydrogens is 414 g/mol. The summed E-state index contributed by atoms with van der Waals surface area (Å²) in [6.07, 6.45) is 0. The van der Waals surface area contributed by atoms with Crippen molar-refractivity contribution in [1.29, 1.82) is 0 Å². The number of aromatic nitrogens is 1. The maximum Gasteiger partial charge on any atom is 0.255 e. The number of nitrogens with one attached hydrogen (secondary N) is 2. The lowest BCUT2D eigenvalue weighted by Crippen LogP contribution is -2.15. The van der Waals surface area contributed by atoms with Gasteiger partial charge in [-0.1, -0.05) is 11.6 Å². The van der Waals surface area contributed by atoms with Gasteiger partial charge in [-0.05, 0) is 49.4 Å². The van der Waals surface area contributed by atoms with Crippen LogP contribution in [0.3, 0.4) is 0 Å². The first-order valence-corrected chi connectivity index (χ1v) is 10.7. The molecule has 0 aliphatic heterocycles. The first-order chi connectivity index (χ1) is 13.4. The molecule has 0 atom stereocenters. The molecule has 0 fully saturated rings. The zero-order chi connectivity index (χ0) is 20.1. The van der Waals surface area contributed by atoms with Crippen LogP contribution in [0, 0.1) is 6.92 Å². The summed E-state index contributed by atoms with van der Waals surface area (Å²) in [7, 11) is 0. The van der Waals surface area contributed by atoms with Gasteiger partial charge in [0.1, 0.15) is 0 Å². The number of thiazole rings is 1. The van der Waals surface area contributed by atoms with Gasteiger partial charge in [0.25, 0.3) is 5.91 Å². The Kier molecular flexibility index (Phi) is 6.72. The van der Waals surface area contributed by atoms with Crippen molar-refractivity contribution in [2.24, 2.45) is 0 Å². The second-order valence-electron chi connectivity index (χ2n) is 6.00. The Morgan fingerprint density at radius 1 is 1.11 bits per heavy atom. The molecule has 3 aromatic rings. The Labute approximate surface area is 176 Å².